The van der Waals surface area contributed by atoms with Crippen molar-refractivity contribution >= 4 is 23.1 Å². The van der Waals surface area contributed by atoms with Crippen LogP contribution in [0.4, 0.5) is 0 Å². The minimum atomic E-state index is 0.541. The summed E-state index contributed by atoms with van der Waals surface area (Å²) in [5.41, 5.74) is 6.13. The third kappa shape index (κ3) is 2.46. The van der Waals surface area contributed by atoms with Crippen molar-refractivity contribution in [1.29, 1.82) is 0 Å². The van der Waals surface area contributed by atoms with E-state index in [1.54, 1.807) is 11.3 Å². The van der Waals surface area contributed by atoms with Crippen LogP contribution in [0.15, 0.2) is 4.34 Å². The fourth-order valence-electron chi connectivity index (χ4n) is 1.50. The van der Waals surface area contributed by atoms with E-state index in [0.717, 1.165) is 22.3 Å². The summed E-state index contributed by atoms with van der Waals surface area (Å²) >= 11 is 3.52. The van der Waals surface area contributed by atoms with E-state index in [2.05, 4.69) is 10.2 Å². The first kappa shape index (κ1) is 10.4. The fourth-order valence-corrected chi connectivity index (χ4v) is 3.65. The Hall–Kier alpha value is -0.130. The number of nitrogens with zero attached hydrogens (tertiary/aromatic N) is 2. The molecule has 1 aliphatic carbocycles. The van der Waals surface area contributed by atoms with Crippen molar-refractivity contribution in [2.24, 2.45) is 11.1 Å². The molecular weight excluding hydrogens is 214 g/mol. The molecule has 1 saturated carbocycles. The smallest absolute Gasteiger partial charge is 0.174 e. The van der Waals surface area contributed by atoms with Gasteiger partial charge in [-0.05, 0) is 38.1 Å². The highest BCUT2D eigenvalue weighted by Gasteiger charge is 2.41. The molecule has 0 unspecified atom stereocenters. The van der Waals surface area contributed by atoms with E-state index in [9.17, 15) is 0 Å². The van der Waals surface area contributed by atoms with Crippen molar-refractivity contribution < 1.29 is 0 Å². The van der Waals surface area contributed by atoms with Crippen molar-refractivity contribution in [3.05, 3.63) is 5.01 Å². The van der Waals surface area contributed by atoms with Crippen LogP contribution in [0.1, 0.15) is 24.3 Å². The molecule has 1 aliphatic rings. The fraction of sp³-hybridized carbons (Fsp3) is 0.778. The molecule has 1 aromatic heterocycles. The van der Waals surface area contributed by atoms with Gasteiger partial charge in [0.1, 0.15) is 5.01 Å². The Balaban J connectivity index is 1.82. The molecule has 2 N–H and O–H groups in total. The zero-order chi connectivity index (χ0) is 10.0. The lowest BCUT2D eigenvalue weighted by molar-refractivity contribution is 0.537. The Labute approximate surface area is 92.5 Å². The normalized spacial score (nSPS) is 18.4. The van der Waals surface area contributed by atoms with E-state index < -0.39 is 0 Å². The second-order valence-corrected chi connectivity index (χ2v) is 6.32. The second-order valence-electron chi connectivity index (χ2n) is 3.91. The van der Waals surface area contributed by atoms with Crippen LogP contribution in [0.5, 0.6) is 0 Å². The van der Waals surface area contributed by atoms with E-state index in [0.29, 0.717) is 5.41 Å². The van der Waals surface area contributed by atoms with Gasteiger partial charge < -0.3 is 5.73 Å². The number of aryl methyl sites for hydroxylation is 1. The largest absolute Gasteiger partial charge is 0.330 e. The topological polar surface area (TPSA) is 51.8 Å². The van der Waals surface area contributed by atoms with Crippen molar-refractivity contribution in [2.45, 2.75) is 30.5 Å². The average Bonchev–Trinajstić information content (AvgIpc) is 2.80. The highest BCUT2D eigenvalue weighted by Crippen LogP contribution is 2.51. The van der Waals surface area contributed by atoms with Gasteiger partial charge in [0.15, 0.2) is 4.34 Å². The number of rotatable bonds is 5. The van der Waals surface area contributed by atoms with Crippen LogP contribution in [0, 0.1) is 12.3 Å². The standard InChI is InChI=1S/C9H15N3S2/c1-7-11-12-8(14-7)13-6-9(2-3-9)4-5-10/h2-6,10H2,1H3. The van der Waals surface area contributed by atoms with Crippen LogP contribution in [0.3, 0.4) is 0 Å². The molecule has 0 amide bonds. The Morgan fingerprint density at radius 1 is 1.50 bits per heavy atom. The lowest BCUT2D eigenvalue weighted by atomic mass is 10.1. The average molecular weight is 229 g/mol. The minimum Gasteiger partial charge on any atom is -0.330 e. The molecule has 2 rings (SSSR count). The lowest BCUT2D eigenvalue weighted by Crippen LogP contribution is -2.11. The number of aromatic nitrogens is 2. The third-order valence-electron chi connectivity index (χ3n) is 2.64. The van der Waals surface area contributed by atoms with Crippen molar-refractivity contribution in [3.63, 3.8) is 0 Å². The first-order chi connectivity index (χ1) is 6.74. The molecule has 5 heteroatoms. The molecule has 1 aromatic rings. The molecule has 0 saturated heterocycles. The van der Waals surface area contributed by atoms with Crippen molar-refractivity contribution in [1.82, 2.24) is 10.2 Å². The summed E-state index contributed by atoms with van der Waals surface area (Å²) in [6.45, 7) is 2.81. The summed E-state index contributed by atoms with van der Waals surface area (Å²) in [6, 6.07) is 0. The predicted octanol–water partition coefficient (Wildman–Crippen LogP) is 2.07. The van der Waals surface area contributed by atoms with E-state index in [4.69, 9.17) is 5.73 Å². The minimum absolute atomic E-state index is 0.541. The van der Waals surface area contributed by atoms with Gasteiger partial charge in [-0.1, -0.05) is 23.1 Å². The predicted molar refractivity (Wildman–Crippen MR) is 60.7 cm³/mol. The first-order valence-electron chi connectivity index (χ1n) is 4.87. The van der Waals surface area contributed by atoms with Gasteiger partial charge in [-0.25, -0.2) is 0 Å². The zero-order valence-corrected chi connectivity index (χ0v) is 9.96. The first-order valence-corrected chi connectivity index (χ1v) is 6.67. The quantitative estimate of drug-likeness (QED) is 0.785. The monoisotopic (exact) mass is 229 g/mol. The maximum absolute atomic E-state index is 5.59. The molecule has 1 fully saturated rings. The van der Waals surface area contributed by atoms with Gasteiger partial charge in [0, 0.05) is 5.75 Å². The van der Waals surface area contributed by atoms with Gasteiger partial charge in [-0.15, -0.1) is 10.2 Å². The van der Waals surface area contributed by atoms with Crippen molar-refractivity contribution in [2.75, 3.05) is 12.3 Å². The SMILES string of the molecule is Cc1nnc(SCC2(CCN)CC2)s1. The maximum atomic E-state index is 5.59. The summed E-state index contributed by atoms with van der Waals surface area (Å²) < 4.78 is 1.10. The molecular formula is C9H15N3S2. The number of nitrogens with two attached hydrogens (primary N) is 1. The van der Waals surface area contributed by atoms with Crippen LogP contribution < -0.4 is 5.73 Å². The van der Waals surface area contributed by atoms with E-state index in [1.807, 2.05) is 18.7 Å². The van der Waals surface area contributed by atoms with Gasteiger partial charge in [0.25, 0.3) is 0 Å². The van der Waals surface area contributed by atoms with Gasteiger partial charge in [-0.2, -0.15) is 0 Å². The molecule has 0 bridgehead atoms. The molecule has 78 valence electrons. The Kier molecular flexibility index (Phi) is 3.09. The summed E-state index contributed by atoms with van der Waals surface area (Å²) in [5.74, 6) is 1.17. The Bertz CT molecular complexity index is 307. The molecule has 3 nitrogen and oxygen atoms in total. The van der Waals surface area contributed by atoms with Gasteiger partial charge in [-0.3, -0.25) is 0 Å². The second kappa shape index (κ2) is 4.16. The van der Waals surface area contributed by atoms with Gasteiger partial charge in [0.2, 0.25) is 0 Å². The van der Waals surface area contributed by atoms with E-state index >= 15 is 0 Å². The molecule has 0 aliphatic heterocycles. The number of hydrogen-bond donors (Lipinski definition) is 1. The highest BCUT2D eigenvalue weighted by molar-refractivity contribution is 8.01. The molecule has 0 aromatic carbocycles. The lowest BCUT2D eigenvalue weighted by Gasteiger charge is -2.10. The molecule has 0 spiro atoms. The number of thioether (sulfide) groups is 1. The van der Waals surface area contributed by atoms with E-state index in [-0.39, 0.29) is 0 Å². The molecule has 14 heavy (non-hydrogen) atoms. The van der Waals surface area contributed by atoms with Crippen molar-refractivity contribution in [3.8, 4) is 0 Å². The maximum Gasteiger partial charge on any atom is 0.174 e. The van der Waals surface area contributed by atoms with Crippen LogP contribution in [-0.4, -0.2) is 22.5 Å². The summed E-state index contributed by atoms with van der Waals surface area (Å²) in [4.78, 5) is 0. The van der Waals surface area contributed by atoms with Crippen LogP contribution in [0.25, 0.3) is 0 Å². The Morgan fingerprint density at radius 3 is 2.79 bits per heavy atom. The van der Waals surface area contributed by atoms with Gasteiger partial charge in [0.05, 0.1) is 0 Å². The van der Waals surface area contributed by atoms with Gasteiger partial charge >= 0.3 is 0 Å². The Morgan fingerprint density at radius 2 is 2.29 bits per heavy atom. The molecule has 0 radical (unpaired) electrons. The molecule has 0 atom stereocenters. The third-order valence-corrected chi connectivity index (χ3v) is 4.96. The highest BCUT2D eigenvalue weighted by atomic mass is 32.2. The van der Waals surface area contributed by atoms with Crippen LogP contribution >= 0.6 is 23.1 Å². The van der Waals surface area contributed by atoms with Crippen LogP contribution in [0.2, 0.25) is 0 Å². The molecule has 1 heterocycles. The summed E-state index contributed by atoms with van der Waals surface area (Å²) in [6.07, 6.45) is 3.85. The van der Waals surface area contributed by atoms with E-state index in [1.165, 1.54) is 18.6 Å². The summed E-state index contributed by atoms with van der Waals surface area (Å²) in [5, 5.41) is 9.17. The van der Waals surface area contributed by atoms with Crippen LogP contribution in [-0.2, 0) is 0 Å². The zero-order valence-electron chi connectivity index (χ0n) is 8.32. The summed E-state index contributed by atoms with van der Waals surface area (Å²) in [7, 11) is 0. The number of hydrogen-bond acceptors (Lipinski definition) is 5.